The van der Waals surface area contributed by atoms with Crippen molar-refractivity contribution >= 4 is 11.8 Å². The van der Waals surface area contributed by atoms with E-state index in [-0.39, 0.29) is 36.6 Å². The number of rotatable bonds is 8. The van der Waals surface area contributed by atoms with Crippen molar-refractivity contribution in [1.82, 2.24) is 4.90 Å². The van der Waals surface area contributed by atoms with Crippen molar-refractivity contribution in [3.63, 3.8) is 0 Å². The van der Waals surface area contributed by atoms with Crippen LogP contribution in [0.3, 0.4) is 0 Å². The lowest BCUT2D eigenvalue weighted by Crippen LogP contribution is -2.26. The van der Waals surface area contributed by atoms with Crippen molar-refractivity contribution in [1.29, 1.82) is 0 Å². The van der Waals surface area contributed by atoms with Gasteiger partial charge in [0.15, 0.2) is 29.6 Å². The molecule has 0 saturated carbocycles. The number of methoxy groups -OCH3 is 2. The van der Waals surface area contributed by atoms with Gasteiger partial charge in [0.2, 0.25) is 12.5 Å². The number of ether oxygens (including phenoxy) is 5. The predicted molar refractivity (Wildman–Crippen MR) is 103 cm³/mol. The average molecular weight is 402 g/mol. The Morgan fingerprint density at radius 2 is 1.72 bits per heavy atom. The van der Waals surface area contributed by atoms with E-state index in [1.807, 2.05) is 18.2 Å². The predicted octanol–water partition coefficient (Wildman–Crippen LogP) is 1.57. The van der Waals surface area contributed by atoms with Gasteiger partial charge in [0.05, 0.1) is 14.2 Å². The molecule has 0 atom stereocenters. The Morgan fingerprint density at radius 3 is 2.34 bits per heavy atom. The van der Waals surface area contributed by atoms with Crippen LogP contribution >= 0.6 is 0 Å². The van der Waals surface area contributed by atoms with Crippen molar-refractivity contribution in [2.24, 2.45) is 5.73 Å². The van der Waals surface area contributed by atoms with Crippen LogP contribution in [0.25, 0.3) is 0 Å². The summed E-state index contributed by atoms with van der Waals surface area (Å²) in [5.41, 5.74) is 6.36. The zero-order valence-corrected chi connectivity index (χ0v) is 16.4. The molecule has 0 unspecified atom stereocenters. The Balaban J connectivity index is 1.81. The maximum Gasteiger partial charge on any atom is 0.255 e. The average Bonchev–Trinajstić information content (AvgIpc) is 3.18. The summed E-state index contributed by atoms with van der Waals surface area (Å²) in [7, 11) is 4.54. The van der Waals surface area contributed by atoms with Gasteiger partial charge in [-0.3, -0.25) is 9.59 Å². The van der Waals surface area contributed by atoms with Crippen LogP contribution in [0, 0.1) is 0 Å². The number of benzene rings is 2. The molecule has 0 bridgehead atoms. The first-order chi connectivity index (χ1) is 13.9. The molecule has 2 aromatic carbocycles. The van der Waals surface area contributed by atoms with Crippen molar-refractivity contribution in [2.45, 2.75) is 6.54 Å². The Morgan fingerprint density at radius 1 is 1.07 bits per heavy atom. The maximum atomic E-state index is 12.9. The molecule has 0 aliphatic carbocycles. The minimum atomic E-state index is -0.641. The van der Waals surface area contributed by atoms with E-state index in [2.05, 4.69) is 0 Å². The first kappa shape index (κ1) is 20.1. The fraction of sp³-hybridized carbons (Fsp3) is 0.300. The Labute approximate surface area is 167 Å². The summed E-state index contributed by atoms with van der Waals surface area (Å²) < 4.78 is 26.6. The molecule has 9 heteroatoms. The van der Waals surface area contributed by atoms with Crippen LogP contribution in [0.5, 0.6) is 28.7 Å². The van der Waals surface area contributed by atoms with E-state index in [0.717, 1.165) is 5.56 Å². The Bertz CT molecular complexity index is 904. The molecular formula is C20H22N2O7. The fourth-order valence-electron chi connectivity index (χ4n) is 2.89. The lowest BCUT2D eigenvalue weighted by Gasteiger charge is -2.20. The molecule has 0 aromatic heterocycles. The minimum absolute atomic E-state index is 0.192. The third-order valence-corrected chi connectivity index (χ3v) is 4.27. The summed E-state index contributed by atoms with van der Waals surface area (Å²) in [4.78, 5) is 25.5. The topological polar surface area (TPSA) is 110 Å². The Kier molecular flexibility index (Phi) is 5.96. The van der Waals surface area contributed by atoms with Crippen LogP contribution in [0.4, 0.5) is 0 Å². The number of nitrogens with two attached hydrogens (primary N) is 1. The molecule has 2 aromatic rings. The zero-order chi connectivity index (χ0) is 21.0. The van der Waals surface area contributed by atoms with Crippen molar-refractivity contribution in [2.75, 3.05) is 34.7 Å². The van der Waals surface area contributed by atoms with Crippen molar-refractivity contribution in [3.8, 4) is 28.7 Å². The summed E-state index contributed by atoms with van der Waals surface area (Å²) in [6, 6.07) is 8.58. The SMILES string of the molecule is COc1cc(C(=O)N(C)Cc2ccc3c(c2)OCO3)cc(OC)c1OCC(N)=O. The first-order valence-electron chi connectivity index (χ1n) is 8.74. The highest BCUT2D eigenvalue weighted by atomic mass is 16.7. The minimum Gasteiger partial charge on any atom is -0.493 e. The lowest BCUT2D eigenvalue weighted by molar-refractivity contribution is -0.120. The van der Waals surface area contributed by atoms with Gasteiger partial charge in [-0.05, 0) is 29.8 Å². The van der Waals surface area contributed by atoms with Crippen LogP contribution < -0.4 is 29.4 Å². The monoisotopic (exact) mass is 402 g/mol. The number of primary amides is 1. The first-order valence-corrected chi connectivity index (χ1v) is 8.74. The molecule has 1 aliphatic rings. The van der Waals surface area contributed by atoms with Gasteiger partial charge in [-0.15, -0.1) is 0 Å². The molecular weight excluding hydrogens is 380 g/mol. The number of carbonyl (C=O) groups is 2. The van der Waals surface area contributed by atoms with E-state index >= 15 is 0 Å². The van der Waals surface area contributed by atoms with E-state index in [0.29, 0.717) is 23.6 Å². The van der Waals surface area contributed by atoms with Gasteiger partial charge in [0.1, 0.15) is 0 Å². The molecule has 154 valence electrons. The zero-order valence-electron chi connectivity index (χ0n) is 16.4. The number of hydrogen-bond acceptors (Lipinski definition) is 7. The summed E-state index contributed by atoms with van der Waals surface area (Å²) in [5, 5.41) is 0. The highest BCUT2D eigenvalue weighted by Gasteiger charge is 2.21. The molecule has 9 nitrogen and oxygen atoms in total. The van der Waals surface area contributed by atoms with Crippen molar-refractivity contribution < 1.29 is 33.3 Å². The molecule has 2 amide bonds. The second-order valence-corrected chi connectivity index (χ2v) is 6.31. The number of amides is 2. The van der Waals surface area contributed by atoms with E-state index in [1.165, 1.54) is 26.4 Å². The van der Waals surface area contributed by atoms with E-state index in [4.69, 9.17) is 29.4 Å². The molecule has 0 spiro atoms. The van der Waals surface area contributed by atoms with Gasteiger partial charge in [-0.1, -0.05) is 6.07 Å². The quantitative estimate of drug-likeness (QED) is 0.714. The van der Waals surface area contributed by atoms with Gasteiger partial charge >= 0.3 is 0 Å². The van der Waals surface area contributed by atoms with Gasteiger partial charge in [-0.2, -0.15) is 0 Å². The third kappa shape index (κ3) is 4.45. The van der Waals surface area contributed by atoms with E-state index in [1.54, 1.807) is 11.9 Å². The van der Waals surface area contributed by atoms with Gasteiger partial charge in [0.25, 0.3) is 11.8 Å². The summed E-state index contributed by atoms with van der Waals surface area (Å²) >= 11 is 0. The summed E-state index contributed by atoms with van der Waals surface area (Å²) in [6.07, 6.45) is 0. The summed E-state index contributed by atoms with van der Waals surface area (Å²) in [5.74, 6) is 1.16. The molecule has 1 heterocycles. The van der Waals surface area contributed by atoms with Gasteiger partial charge in [0, 0.05) is 19.2 Å². The van der Waals surface area contributed by atoms with E-state index in [9.17, 15) is 9.59 Å². The highest BCUT2D eigenvalue weighted by molar-refractivity contribution is 5.95. The highest BCUT2D eigenvalue weighted by Crippen LogP contribution is 2.39. The van der Waals surface area contributed by atoms with Gasteiger partial charge in [-0.25, -0.2) is 0 Å². The smallest absolute Gasteiger partial charge is 0.255 e. The van der Waals surface area contributed by atoms with Crippen LogP contribution in [0.2, 0.25) is 0 Å². The summed E-state index contributed by atoms with van der Waals surface area (Å²) in [6.45, 7) is 0.210. The molecule has 0 fully saturated rings. The van der Waals surface area contributed by atoms with Crippen LogP contribution in [-0.4, -0.2) is 51.4 Å². The lowest BCUT2D eigenvalue weighted by atomic mass is 10.1. The third-order valence-electron chi connectivity index (χ3n) is 4.27. The molecule has 0 radical (unpaired) electrons. The second kappa shape index (κ2) is 8.59. The van der Waals surface area contributed by atoms with Gasteiger partial charge < -0.3 is 34.3 Å². The largest absolute Gasteiger partial charge is 0.493 e. The molecule has 3 rings (SSSR count). The van der Waals surface area contributed by atoms with Crippen LogP contribution in [0.1, 0.15) is 15.9 Å². The number of carbonyl (C=O) groups excluding carboxylic acids is 2. The maximum absolute atomic E-state index is 12.9. The molecule has 0 saturated heterocycles. The second-order valence-electron chi connectivity index (χ2n) is 6.31. The van der Waals surface area contributed by atoms with E-state index < -0.39 is 5.91 Å². The number of nitrogens with zero attached hydrogens (tertiary/aromatic N) is 1. The van der Waals surface area contributed by atoms with Crippen LogP contribution in [-0.2, 0) is 11.3 Å². The standard InChI is InChI=1S/C20H22N2O7/c1-22(9-12-4-5-14-15(6-12)29-11-28-14)20(24)13-7-16(25-2)19(17(8-13)26-3)27-10-18(21)23/h4-8H,9-11H2,1-3H3,(H2,21,23). The normalized spacial score (nSPS) is 11.7. The van der Waals surface area contributed by atoms with Crippen molar-refractivity contribution in [3.05, 3.63) is 41.5 Å². The number of hydrogen-bond donors (Lipinski definition) is 1. The molecule has 29 heavy (non-hydrogen) atoms. The molecule has 2 N–H and O–H groups in total. The number of fused-ring (bicyclic) bond motifs is 1. The Hall–Kier alpha value is -3.62. The molecule has 1 aliphatic heterocycles. The fourth-order valence-corrected chi connectivity index (χ4v) is 2.89. The van der Waals surface area contributed by atoms with Crippen LogP contribution in [0.15, 0.2) is 30.3 Å².